The third kappa shape index (κ3) is 3.53. The fourth-order valence-electron chi connectivity index (χ4n) is 3.68. The fourth-order valence-corrected chi connectivity index (χ4v) is 5.30. The largest absolute Gasteiger partial charge is 0.480 e. The molecule has 2 heterocycles. The van der Waals surface area contributed by atoms with Gasteiger partial charge in [-0.3, -0.25) is 14.4 Å². The molecule has 8 heteroatoms. The second-order valence-corrected chi connectivity index (χ2v) is 9.64. The fraction of sp³-hybridized carbons (Fsp3) is 0.500. The molecule has 2 fully saturated rings. The Morgan fingerprint density at radius 1 is 1.18 bits per heavy atom. The van der Waals surface area contributed by atoms with Crippen molar-refractivity contribution in [3.63, 3.8) is 0 Å². The monoisotopic (exact) mass is 404 g/mol. The summed E-state index contributed by atoms with van der Waals surface area (Å²) >= 11 is 1.37. The van der Waals surface area contributed by atoms with Crippen LogP contribution in [0.2, 0.25) is 0 Å². The van der Waals surface area contributed by atoms with Gasteiger partial charge in [-0.1, -0.05) is 12.1 Å². The van der Waals surface area contributed by atoms with E-state index >= 15 is 0 Å². The van der Waals surface area contributed by atoms with Crippen LogP contribution in [-0.2, 0) is 14.4 Å². The first-order valence-corrected chi connectivity index (χ1v) is 10.0. The molecule has 1 aromatic carbocycles. The number of Topliss-reactive ketones (excluding diaryl/α,β-unsaturated/α-hetero) is 1. The van der Waals surface area contributed by atoms with Crippen LogP contribution in [0, 0.1) is 13.8 Å². The normalized spacial score (nSPS) is 25.1. The van der Waals surface area contributed by atoms with Crippen LogP contribution in [0.25, 0.3) is 0 Å². The van der Waals surface area contributed by atoms with Gasteiger partial charge in [0.05, 0.1) is 0 Å². The number of carboxylic acid groups (broad SMARTS) is 1. The van der Waals surface area contributed by atoms with E-state index in [1.165, 1.54) is 16.7 Å². The van der Waals surface area contributed by atoms with Crippen molar-refractivity contribution in [3.8, 4) is 0 Å². The number of benzene rings is 1. The van der Waals surface area contributed by atoms with E-state index in [9.17, 15) is 24.3 Å². The zero-order chi connectivity index (χ0) is 20.8. The minimum absolute atomic E-state index is 0.0152. The van der Waals surface area contributed by atoms with Gasteiger partial charge in [0.15, 0.2) is 5.78 Å². The average molecular weight is 404 g/mol. The van der Waals surface area contributed by atoms with Crippen molar-refractivity contribution in [2.24, 2.45) is 0 Å². The van der Waals surface area contributed by atoms with Crippen LogP contribution in [0.4, 0.5) is 0 Å². The van der Waals surface area contributed by atoms with Gasteiger partial charge in [-0.05, 0) is 44.9 Å². The lowest BCUT2D eigenvalue weighted by atomic mass is 9.96. The number of nitrogens with one attached hydrogen (secondary N) is 1. The third-order valence-electron chi connectivity index (χ3n) is 5.40. The molecule has 2 saturated heterocycles. The van der Waals surface area contributed by atoms with Crippen molar-refractivity contribution in [2.75, 3.05) is 0 Å². The molecule has 150 valence electrons. The molecule has 7 nitrogen and oxygen atoms in total. The molecule has 2 amide bonds. The van der Waals surface area contributed by atoms with Gasteiger partial charge in [0, 0.05) is 23.2 Å². The lowest BCUT2D eigenvalue weighted by Gasteiger charge is -2.43. The average Bonchev–Trinajstić information content (AvgIpc) is 2.88. The van der Waals surface area contributed by atoms with Crippen molar-refractivity contribution in [2.45, 2.75) is 62.7 Å². The molecule has 2 N–H and O–H groups in total. The van der Waals surface area contributed by atoms with Crippen LogP contribution in [0.5, 0.6) is 0 Å². The van der Waals surface area contributed by atoms with Crippen LogP contribution in [0.3, 0.4) is 0 Å². The molecule has 0 spiro atoms. The number of carbonyl (C=O) groups excluding carboxylic acids is 3. The number of aryl methyl sites for hydroxylation is 2. The van der Waals surface area contributed by atoms with Gasteiger partial charge in [-0.25, -0.2) is 4.79 Å². The van der Waals surface area contributed by atoms with Gasteiger partial charge in [0.1, 0.15) is 17.5 Å². The summed E-state index contributed by atoms with van der Waals surface area (Å²) in [7, 11) is 0. The molecule has 28 heavy (non-hydrogen) atoms. The number of carboxylic acids is 1. The summed E-state index contributed by atoms with van der Waals surface area (Å²) in [6, 6.07) is 3.79. The second-order valence-electron chi connectivity index (χ2n) is 7.87. The first kappa shape index (κ1) is 20.4. The predicted molar refractivity (Wildman–Crippen MR) is 105 cm³/mol. The number of amides is 2. The summed E-state index contributed by atoms with van der Waals surface area (Å²) in [5, 5.41) is 11.7. The Labute approximate surface area is 167 Å². The van der Waals surface area contributed by atoms with E-state index in [2.05, 4.69) is 5.32 Å². The minimum Gasteiger partial charge on any atom is -0.480 e. The molecule has 0 unspecified atom stereocenters. The summed E-state index contributed by atoms with van der Waals surface area (Å²) in [6.45, 7) is 7.46. The van der Waals surface area contributed by atoms with Crippen LogP contribution in [0.15, 0.2) is 18.2 Å². The van der Waals surface area contributed by atoms with Gasteiger partial charge >= 0.3 is 5.97 Å². The Kier molecular flexibility index (Phi) is 5.27. The Morgan fingerprint density at radius 3 is 2.46 bits per heavy atom. The molecule has 2 aliphatic rings. The first-order valence-electron chi connectivity index (χ1n) is 9.15. The zero-order valence-corrected chi connectivity index (χ0v) is 17.1. The number of aliphatic carboxylic acids is 1. The maximum absolute atomic E-state index is 12.4. The highest BCUT2D eigenvalue weighted by atomic mass is 32.2. The van der Waals surface area contributed by atoms with Crippen molar-refractivity contribution in [1.82, 2.24) is 10.2 Å². The molecule has 0 bridgehead atoms. The molecule has 3 atom stereocenters. The number of hydrogen-bond acceptors (Lipinski definition) is 5. The maximum atomic E-state index is 12.4. The van der Waals surface area contributed by atoms with Crippen LogP contribution in [0.1, 0.15) is 48.2 Å². The number of thioether (sulfide) groups is 1. The number of rotatable bonds is 6. The lowest BCUT2D eigenvalue weighted by molar-refractivity contribution is -0.161. The molecule has 2 aliphatic heterocycles. The van der Waals surface area contributed by atoms with Crippen molar-refractivity contribution in [3.05, 3.63) is 34.9 Å². The summed E-state index contributed by atoms with van der Waals surface area (Å²) in [4.78, 5) is 49.8. The van der Waals surface area contributed by atoms with E-state index < -0.39 is 22.8 Å². The number of ketones is 1. The van der Waals surface area contributed by atoms with E-state index in [0.717, 1.165) is 11.1 Å². The topological polar surface area (TPSA) is 104 Å². The summed E-state index contributed by atoms with van der Waals surface area (Å²) in [5.41, 5.74) is 2.68. The minimum atomic E-state index is -1.04. The Balaban J connectivity index is 1.56. The summed E-state index contributed by atoms with van der Waals surface area (Å²) in [6.07, 6.45) is 0.0404. The van der Waals surface area contributed by atoms with Crippen LogP contribution in [-0.4, -0.2) is 55.8 Å². The Morgan fingerprint density at radius 2 is 1.86 bits per heavy atom. The first-order chi connectivity index (χ1) is 13.0. The van der Waals surface area contributed by atoms with Crippen LogP contribution < -0.4 is 5.32 Å². The van der Waals surface area contributed by atoms with Crippen molar-refractivity contribution in [1.29, 1.82) is 0 Å². The van der Waals surface area contributed by atoms with Gasteiger partial charge in [0.25, 0.3) is 0 Å². The molecule has 1 aromatic rings. The van der Waals surface area contributed by atoms with Gasteiger partial charge in [-0.15, -0.1) is 11.8 Å². The molecular weight excluding hydrogens is 380 g/mol. The standard InChI is InChI=1S/C20H24N2O5S/c1-10-5-6-12(9-11(10)2)13(23)7-8-14(24)21-15-17(25)22-16(19(26)27)20(3,4)28-18(15)22/h5-6,9,15-16,18H,7-8H2,1-4H3,(H,21,24)(H,26,27)/t15-,16+,18-/m1/s1. The lowest BCUT2D eigenvalue weighted by Crippen LogP contribution is -2.70. The smallest absolute Gasteiger partial charge is 0.327 e. The second kappa shape index (κ2) is 7.24. The number of carbonyl (C=O) groups is 4. The van der Waals surface area contributed by atoms with E-state index in [1.807, 2.05) is 26.0 Å². The molecular formula is C20H24N2O5S. The molecule has 0 aromatic heterocycles. The highest BCUT2D eigenvalue weighted by molar-refractivity contribution is 8.01. The third-order valence-corrected chi connectivity index (χ3v) is 6.97. The van der Waals surface area contributed by atoms with Gasteiger partial charge in [-0.2, -0.15) is 0 Å². The number of hydrogen-bond donors (Lipinski definition) is 2. The van der Waals surface area contributed by atoms with Gasteiger partial charge in [0.2, 0.25) is 11.8 Å². The zero-order valence-electron chi connectivity index (χ0n) is 16.3. The Bertz CT molecular complexity index is 866. The highest BCUT2D eigenvalue weighted by Gasteiger charge is 2.64. The Hall–Kier alpha value is -2.35. The molecule has 0 radical (unpaired) electrons. The van der Waals surface area contributed by atoms with E-state index in [4.69, 9.17) is 0 Å². The van der Waals surface area contributed by atoms with Crippen LogP contribution >= 0.6 is 11.8 Å². The maximum Gasteiger partial charge on any atom is 0.327 e. The highest BCUT2D eigenvalue weighted by Crippen LogP contribution is 2.50. The van der Waals surface area contributed by atoms with E-state index in [1.54, 1.807) is 19.9 Å². The number of nitrogens with zero attached hydrogens (tertiary/aromatic N) is 1. The van der Waals surface area contributed by atoms with E-state index in [0.29, 0.717) is 5.56 Å². The number of fused-ring (bicyclic) bond motifs is 1. The van der Waals surface area contributed by atoms with Crippen molar-refractivity contribution >= 4 is 35.3 Å². The molecule has 0 aliphatic carbocycles. The van der Waals surface area contributed by atoms with Crippen molar-refractivity contribution < 1.29 is 24.3 Å². The van der Waals surface area contributed by atoms with Gasteiger partial charge < -0.3 is 15.3 Å². The van der Waals surface area contributed by atoms with E-state index in [-0.39, 0.29) is 35.8 Å². The summed E-state index contributed by atoms with van der Waals surface area (Å²) in [5.74, 6) is -1.93. The number of β-lactam (4-membered cyclic amide) rings is 1. The quantitative estimate of drug-likeness (QED) is 0.554. The molecule has 0 saturated carbocycles. The summed E-state index contributed by atoms with van der Waals surface area (Å²) < 4.78 is -0.634. The SMILES string of the molecule is Cc1ccc(C(=O)CCC(=O)N[C@@H]2C(=O)N3[C@@H]2SC(C)(C)[C@@H]3C(=O)O)cc1C. The molecule has 3 rings (SSSR count). The predicted octanol–water partition coefficient (Wildman–Crippen LogP) is 1.90.